The number of rotatable bonds is 4. The van der Waals surface area contributed by atoms with Crippen LogP contribution in [0.3, 0.4) is 0 Å². The normalized spacial score (nSPS) is 12.2. The van der Waals surface area contributed by atoms with Crippen molar-refractivity contribution in [1.82, 2.24) is 0 Å². The molecule has 1 unspecified atom stereocenters. The van der Waals surface area contributed by atoms with Crippen LogP contribution in [-0.2, 0) is 9.53 Å². The van der Waals surface area contributed by atoms with E-state index in [1.54, 1.807) is 19.1 Å². The molecule has 0 spiro atoms. The molecular formula is C11H12ClFO2S. The van der Waals surface area contributed by atoms with Crippen molar-refractivity contribution in [1.29, 1.82) is 0 Å². The summed E-state index contributed by atoms with van der Waals surface area (Å²) in [5.74, 6) is -0.305. The van der Waals surface area contributed by atoms with E-state index < -0.39 is 5.82 Å². The lowest BCUT2D eigenvalue weighted by Crippen LogP contribution is -2.14. The summed E-state index contributed by atoms with van der Waals surface area (Å²) in [6.07, 6.45) is 0. The zero-order valence-corrected chi connectivity index (χ0v) is 10.6. The lowest BCUT2D eigenvalue weighted by atomic mass is 10.2. The number of hydrogen-bond acceptors (Lipinski definition) is 3. The highest BCUT2D eigenvalue weighted by Crippen LogP contribution is 2.25. The molecule has 1 aromatic rings. The molecule has 1 atom stereocenters. The van der Waals surface area contributed by atoms with E-state index in [2.05, 4.69) is 4.74 Å². The van der Waals surface area contributed by atoms with Gasteiger partial charge in [-0.3, -0.25) is 4.79 Å². The number of carbonyl (C=O) groups is 1. The van der Waals surface area contributed by atoms with Gasteiger partial charge in [0.2, 0.25) is 0 Å². The predicted octanol–water partition coefficient (Wildman–Crippen LogP) is 3.38. The summed E-state index contributed by atoms with van der Waals surface area (Å²) in [7, 11) is 1.36. The molecule has 0 aromatic heterocycles. The third kappa shape index (κ3) is 3.68. The summed E-state index contributed by atoms with van der Waals surface area (Å²) in [5, 5.41) is 0.0933. The monoisotopic (exact) mass is 262 g/mol. The zero-order valence-electron chi connectivity index (χ0n) is 9.00. The number of hydrogen-bond donors (Lipinski definition) is 0. The van der Waals surface area contributed by atoms with Crippen molar-refractivity contribution in [2.75, 3.05) is 12.9 Å². The van der Waals surface area contributed by atoms with E-state index in [0.717, 1.165) is 4.90 Å². The summed E-state index contributed by atoms with van der Waals surface area (Å²) in [4.78, 5) is 12.0. The van der Waals surface area contributed by atoms with Crippen molar-refractivity contribution < 1.29 is 13.9 Å². The van der Waals surface area contributed by atoms with Crippen molar-refractivity contribution in [3.8, 4) is 0 Å². The molecule has 0 saturated heterocycles. The summed E-state index contributed by atoms with van der Waals surface area (Å²) in [6, 6.07) is 4.49. The second kappa shape index (κ2) is 6.11. The molecule has 0 radical (unpaired) electrons. The number of thioether (sulfide) groups is 1. The van der Waals surface area contributed by atoms with E-state index in [0.29, 0.717) is 5.75 Å². The van der Waals surface area contributed by atoms with Crippen molar-refractivity contribution in [3.63, 3.8) is 0 Å². The average molecular weight is 263 g/mol. The molecular weight excluding hydrogens is 251 g/mol. The minimum absolute atomic E-state index is 0.0933. The Balaban J connectivity index is 2.55. The molecule has 0 amide bonds. The molecule has 0 aliphatic heterocycles. The molecule has 0 saturated carbocycles. The fourth-order valence-corrected chi connectivity index (χ4v) is 2.25. The van der Waals surface area contributed by atoms with E-state index in [1.807, 2.05) is 0 Å². The van der Waals surface area contributed by atoms with Gasteiger partial charge in [-0.1, -0.05) is 18.5 Å². The number of ether oxygens (including phenoxy) is 1. The Bertz CT molecular complexity index is 384. The summed E-state index contributed by atoms with van der Waals surface area (Å²) < 4.78 is 17.5. The molecule has 1 aromatic carbocycles. The summed E-state index contributed by atoms with van der Waals surface area (Å²) >= 11 is 7.08. The van der Waals surface area contributed by atoms with Crippen LogP contribution < -0.4 is 0 Å². The van der Waals surface area contributed by atoms with E-state index in [1.165, 1.54) is 24.9 Å². The van der Waals surface area contributed by atoms with Gasteiger partial charge in [0, 0.05) is 10.6 Å². The maximum Gasteiger partial charge on any atom is 0.309 e. The van der Waals surface area contributed by atoms with Crippen LogP contribution in [0.15, 0.2) is 23.1 Å². The van der Waals surface area contributed by atoms with Gasteiger partial charge in [-0.25, -0.2) is 4.39 Å². The highest BCUT2D eigenvalue weighted by atomic mass is 35.5. The number of carbonyl (C=O) groups excluding carboxylic acids is 1. The molecule has 0 heterocycles. The van der Waals surface area contributed by atoms with Gasteiger partial charge in [0.25, 0.3) is 0 Å². The van der Waals surface area contributed by atoms with Crippen LogP contribution in [0.25, 0.3) is 0 Å². The maximum atomic E-state index is 12.9. The van der Waals surface area contributed by atoms with E-state index >= 15 is 0 Å². The largest absolute Gasteiger partial charge is 0.469 e. The molecule has 0 bridgehead atoms. The standard InChI is InChI=1S/C11H12ClFO2S/c1-7(11(14)15-2)6-16-8-3-4-10(13)9(12)5-8/h3-5,7H,6H2,1-2H3. The van der Waals surface area contributed by atoms with E-state index in [9.17, 15) is 9.18 Å². The molecule has 1 rings (SSSR count). The molecule has 2 nitrogen and oxygen atoms in total. The van der Waals surface area contributed by atoms with Crippen molar-refractivity contribution in [2.24, 2.45) is 5.92 Å². The van der Waals surface area contributed by atoms with Crippen LogP contribution in [0.5, 0.6) is 0 Å². The van der Waals surface area contributed by atoms with E-state index in [-0.39, 0.29) is 16.9 Å². The van der Waals surface area contributed by atoms with Gasteiger partial charge < -0.3 is 4.74 Å². The Hall–Kier alpha value is -0.740. The number of methoxy groups -OCH3 is 1. The molecule has 0 N–H and O–H groups in total. The van der Waals surface area contributed by atoms with Crippen molar-refractivity contribution in [3.05, 3.63) is 29.0 Å². The van der Waals surface area contributed by atoms with Crippen LogP contribution in [-0.4, -0.2) is 18.8 Å². The molecule has 5 heteroatoms. The molecule has 88 valence electrons. The first kappa shape index (κ1) is 13.3. The first-order valence-electron chi connectivity index (χ1n) is 4.70. The van der Waals surface area contributed by atoms with Gasteiger partial charge >= 0.3 is 5.97 Å². The van der Waals surface area contributed by atoms with Crippen molar-refractivity contribution >= 4 is 29.3 Å². The van der Waals surface area contributed by atoms with Gasteiger partial charge in [0.15, 0.2) is 0 Å². The lowest BCUT2D eigenvalue weighted by molar-refractivity contribution is -0.143. The number of benzene rings is 1. The highest BCUT2D eigenvalue weighted by Gasteiger charge is 2.13. The maximum absolute atomic E-state index is 12.9. The number of halogens is 2. The lowest BCUT2D eigenvalue weighted by Gasteiger charge is -2.08. The average Bonchev–Trinajstić information content (AvgIpc) is 2.29. The second-order valence-electron chi connectivity index (χ2n) is 3.31. The number of esters is 1. The predicted molar refractivity (Wildman–Crippen MR) is 63.3 cm³/mol. The smallest absolute Gasteiger partial charge is 0.309 e. The van der Waals surface area contributed by atoms with Gasteiger partial charge in [-0.2, -0.15) is 0 Å². The van der Waals surface area contributed by atoms with E-state index in [4.69, 9.17) is 11.6 Å². The van der Waals surface area contributed by atoms with Gasteiger partial charge in [-0.05, 0) is 18.2 Å². The first-order chi connectivity index (χ1) is 7.54. The molecule has 0 aliphatic rings. The Morgan fingerprint density at radius 3 is 2.88 bits per heavy atom. The van der Waals surface area contributed by atoms with Crippen LogP contribution in [0.2, 0.25) is 5.02 Å². The fourth-order valence-electron chi connectivity index (χ4n) is 1.06. The fraction of sp³-hybridized carbons (Fsp3) is 0.364. The third-order valence-electron chi connectivity index (χ3n) is 1.99. The topological polar surface area (TPSA) is 26.3 Å². The quantitative estimate of drug-likeness (QED) is 0.615. The first-order valence-corrected chi connectivity index (χ1v) is 6.06. The molecule has 0 fully saturated rings. The van der Waals surface area contributed by atoms with Crippen molar-refractivity contribution in [2.45, 2.75) is 11.8 Å². The van der Waals surface area contributed by atoms with Gasteiger partial charge in [0.1, 0.15) is 5.82 Å². The summed E-state index contributed by atoms with van der Waals surface area (Å²) in [6.45, 7) is 1.78. The van der Waals surface area contributed by atoms with Crippen LogP contribution >= 0.6 is 23.4 Å². The Morgan fingerprint density at radius 2 is 2.31 bits per heavy atom. The zero-order chi connectivity index (χ0) is 12.1. The second-order valence-corrected chi connectivity index (χ2v) is 4.81. The Labute approximate surface area is 103 Å². The van der Waals surface area contributed by atoms with Gasteiger partial charge in [-0.15, -0.1) is 11.8 Å². The molecule has 16 heavy (non-hydrogen) atoms. The van der Waals surface area contributed by atoms with Gasteiger partial charge in [0.05, 0.1) is 18.1 Å². The minimum Gasteiger partial charge on any atom is -0.469 e. The third-order valence-corrected chi connectivity index (χ3v) is 3.54. The SMILES string of the molecule is COC(=O)C(C)CSc1ccc(F)c(Cl)c1. The Morgan fingerprint density at radius 1 is 1.62 bits per heavy atom. The summed E-state index contributed by atoms with van der Waals surface area (Å²) in [5.41, 5.74) is 0. The Kier molecular flexibility index (Phi) is 5.09. The van der Waals surface area contributed by atoms with Crippen LogP contribution in [0, 0.1) is 11.7 Å². The molecule has 0 aliphatic carbocycles. The minimum atomic E-state index is -0.438. The van der Waals surface area contributed by atoms with Crippen LogP contribution in [0.1, 0.15) is 6.92 Å². The highest BCUT2D eigenvalue weighted by molar-refractivity contribution is 7.99. The van der Waals surface area contributed by atoms with Crippen LogP contribution in [0.4, 0.5) is 4.39 Å².